The van der Waals surface area contributed by atoms with Crippen LogP contribution in [0.2, 0.25) is 0 Å². The van der Waals surface area contributed by atoms with Crippen LogP contribution in [0, 0.1) is 25.2 Å². The molecular weight excluding hydrogens is 288 g/mol. The summed E-state index contributed by atoms with van der Waals surface area (Å²) < 4.78 is 0. The summed E-state index contributed by atoms with van der Waals surface area (Å²) in [5.74, 6) is 1.33. The highest BCUT2D eigenvalue weighted by Crippen LogP contribution is 2.47. The maximum atomic E-state index is 2.56. The van der Waals surface area contributed by atoms with Gasteiger partial charge in [-0.1, -0.05) is 71.7 Å². The quantitative estimate of drug-likeness (QED) is 0.497. The van der Waals surface area contributed by atoms with Crippen LogP contribution >= 0.6 is 0 Å². The summed E-state index contributed by atoms with van der Waals surface area (Å²) in [6.45, 7) is 20.4. The Bertz CT molecular complexity index is 531. The van der Waals surface area contributed by atoms with E-state index < -0.39 is 0 Å². The Kier molecular flexibility index (Phi) is 7.77. The Balaban J connectivity index is 0.00000139. The van der Waals surface area contributed by atoms with Gasteiger partial charge in [0, 0.05) is 5.92 Å². The van der Waals surface area contributed by atoms with Crippen molar-refractivity contribution in [2.24, 2.45) is 11.3 Å². The first-order valence-electron chi connectivity index (χ1n) is 10.0. The molecule has 0 bridgehead atoms. The second kappa shape index (κ2) is 8.88. The largest absolute Gasteiger partial charge is 0.0778 e. The molecule has 0 saturated carbocycles. The molecule has 0 heteroatoms. The minimum Gasteiger partial charge on any atom is -0.0778 e. The molecule has 0 aromatic heterocycles. The molecule has 0 saturated heterocycles. The molecule has 0 aliphatic heterocycles. The Morgan fingerprint density at radius 3 is 2.00 bits per heavy atom. The van der Waals surface area contributed by atoms with Crippen molar-refractivity contribution in [3.8, 4) is 0 Å². The van der Waals surface area contributed by atoms with Crippen molar-refractivity contribution >= 4 is 0 Å². The molecule has 0 spiro atoms. The summed E-state index contributed by atoms with van der Waals surface area (Å²) in [6, 6.07) is 4.87. The van der Waals surface area contributed by atoms with Crippen LogP contribution in [0.4, 0.5) is 0 Å². The Morgan fingerprint density at radius 2 is 1.54 bits per heavy atom. The molecule has 0 fully saturated rings. The lowest BCUT2D eigenvalue weighted by atomic mass is 9.64. The number of benzene rings is 1. The van der Waals surface area contributed by atoms with Crippen molar-refractivity contribution in [2.75, 3.05) is 0 Å². The second-order valence-corrected chi connectivity index (χ2v) is 8.44. The van der Waals surface area contributed by atoms with Crippen LogP contribution in [0.25, 0.3) is 0 Å². The molecular formula is C24H40. The van der Waals surface area contributed by atoms with Crippen molar-refractivity contribution in [3.63, 3.8) is 0 Å². The van der Waals surface area contributed by atoms with Crippen LogP contribution in [0.5, 0.6) is 0 Å². The van der Waals surface area contributed by atoms with Gasteiger partial charge in [0.15, 0.2) is 0 Å². The summed E-state index contributed by atoms with van der Waals surface area (Å²) in [5, 5.41) is 0. The van der Waals surface area contributed by atoms with Crippen molar-refractivity contribution in [1.82, 2.24) is 0 Å². The first-order chi connectivity index (χ1) is 11.2. The normalized spacial score (nSPS) is 21.0. The van der Waals surface area contributed by atoms with Gasteiger partial charge in [-0.3, -0.25) is 0 Å². The van der Waals surface area contributed by atoms with Crippen molar-refractivity contribution in [1.29, 1.82) is 0 Å². The first kappa shape index (κ1) is 21.0. The number of allylic oxidation sites excluding steroid dienone is 2. The van der Waals surface area contributed by atoms with Gasteiger partial charge in [0.2, 0.25) is 0 Å². The third kappa shape index (κ3) is 4.98. The van der Waals surface area contributed by atoms with Crippen molar-refractivity contribution < 1.29 is 0 Å². The highest BCUT2D eigenvalue weighted by atomic mass is 14.4. The minimum atomic E-state index is 0.364. The van der Waals surface area contributed by atoms with Crippen LogP contribution in [0.15, 0.2) is 23.8 Å². The van der Waals surface area contributed by atoms with E-state index >= 15 is 0 Å². The highest BCUT2D eigenvalue weighted by Gasteiger charge is 2.35. The van der Waals surface area contributed by atoms with Gasteiger partial charge in [0.25, 0.3) is 0 Å². The molecule has 1 aromatic rings. The van der Waals surface area contributed by atoms with E-state index in [1.165, 1.54) is 42.4 Å². The molecule has 2 rings (SSSR count). The van der Waals surface area contributed by atoms with E-state index in [4.69, 9.17) is 0 Å². The zero-order valence-electron chi connectivity index (χ0n) is 17.7. The smallest absolute Gasteiger partial charge is 0.00591 e. The third-order valence-corrected chi connectivity index (χ3v) is 5.39. The summed E-state index contributed by atoms with van der Waals surface area (Å²) in [6.07, 6.45) is 7.58. The fourth-order valence-electron chi connectivity index (χ4n) is 4.35. The molecule has 1 aliphatic carbocycles. The fraction of sp³-hybridized carbons (Fsp3) is 0.667. The van der Waals surface area contributed by atoms with Crippen LogP contribution in [0.1, 0.15) is 95.9 Å². The van der Waals surface area contributed by atoms with Gasteiger partial charge in [-0.25, -0.2) is 0 Å². The predicted molar refractivity (Wildman–Crippen MR) is 110 cm³/mol. The molecule has 1 aromatic carbocycles. The number of hydrogen-bond acceptors (Lipinski definition) is 0. The van der Waals surface area contributed by atoms with Gasteiger partial charge >= 0.3 is 0 Å². The molecule has 0 nitrogen and oxygen atoms in total. The molecule has 1 aliphatic rings. The van der Waals surface area contributed by atoms with Gasteiger partial charge in [0.05, 0.1) is 0 Å². The van der Waals surface area contributed by atoms with Crippen LogP contribution in [-0.2, 0) is 6.42 Å². The third-order valence-electron chi connectivity index (χ3n) is 5.39. The van der Waals surface area contributed by atoms with E-state index in [2.05, 4.69) is 66.7 Å². The van der Waals surface area contributed by atoms with Crippen LogP contribution < -0.4 is 0 Å². The molecule has 0 amide bonds. The average Bonchev–Trinajstić information content (AvgIpc) is 2.47. The molecule has 2 unspecified atom stereocenters. The van der Waals surface area contributed by atoms with Crippen LogP contribution in [-0.4, -0.2) is 0 Å². The van der Waals surface area contributed by atoms with E-state index in [1.807, 2.05) is 13.8 Å². The van der Waals surface area contributed by atoms with Crippen molar-refractivity contribution in [2.45, 2.75) is 93.9 Å². The topological polar surface area (TPSA) is 0 Å². The lowest BCUT2D eigenvalue weighted by molar-refractivity contribution is 0.197. The molecule has 0 radical (unpaired) electrons. The second-order valence-electron chi connectivity index (χ2n) is 8.44. The van der Waals surface area contributed by atoms with Gasteiger partial charge < -0.3 is 0 Å². The Labute approximate surface area is 151 Å². The SMILES string of the molecule is CC.CCCc1cc(C)c(C2C=C(C)CCC2C(C)(C)C)c(C)c1. The summed E-state index contributed by atoms with van der Waals surface area (Å²) in [4.78, 5) is 0. The van der Waals surface area contributed by atoms with E-state index in [1.54, 1.807) is 11.1 Å². The monoisotopic (exact) mass is 328 g/mol. The first-order valence-corrected chi connectivity index (χ1v) is 10.0. The Hall–Kier alpha value is -1.04. The zero-order chi connectivity index (χ0) is 18.5. The van der Waals surface area contributed by atoms with Crippen molar-refractivity contribution in [3.05, 3.63) is 46.0 Å². The van der Waals surface area contributed by atoms with Gasteiger partial charge in [-0.05, 0) is 73.6 Å². The lowest BCUT2D eigenvalue weighted by Gasteiger charge is -2.40. The molecule has 0 N–H and O–H groups in total. The average molecular weight is 329 g/mol. The maximum Gasteiger partial charge on any atom is 0.00591 e. The number of aryl methyl sites for hydroxylation is 3. The summed E-state index contributed by atoms with van der Waals surface area (Å²) in [5.41, 5.74) is 8.02. The number of hydrogen-bond donors (Lipinski definition) is 0. The van der Waals surface area contributed by atoms with E-state index in [-0.39, 0.29) is 0 Å². The van der Waals surface area contributed by atoms with Crippen LogP contribution in [0.3, 0.4) is 0 Å². The van der Waals surface area contributed by atoms with Gasteiger partial charge in [-0.2, -0.15) is 0 Å². The van der Waals surface area contributed by atoms with E-state index in [9.17, 15) is 0 Å². The molecule has 2 atom stereocenters. The lowest BCUT2D eigenvalue weighted by Crippen LogP contribution is -2.29. The number of rotatable bonds is 3. The summed E-state index contributed by atoms with van der Waals surface area (Å²) >= 11 is 0. The molecule has 24 heavy (non-hydrogen) atoms. The van der Waals surface area contributed by atoms with E-state index in [0.29, 0.717) is 11.3 Å². The van der Waals surface area contributed by atoms with Gasteiger partial charge in [0.1, 0.15) is 0 Å². The standard InChI is InChI=1S/C22H34.C2H6/c1-8-9-18-13-16(3)21(17(4)14-18)19-12-15(2)10-11-20(19)22(5,6)7;1-2/h12-14,19-20H,8-11H2,1-7H3;1-2H3. The molecule has 136 valence electrons. The zero-order valence-corrected chi connectivity index (χ0v) is 17.7. The summed E-state index contributed by atoms with van der Waals surface area (Å²) in [7, 11) is 0. The predicted octanol–water partition coefficient (Wildman–Crippen LogP) is 7.77. The highest BCUT2D eigenvalue weighted by molar-refractivity contribution is 5.43. The van der Waals surface area contributed by atoms with E-state index in [0.717, 1.165) is 5.92 Å². The van der Waals surface area contributed by atoms with Gasteiger partial charge in [-0.15, -0.1) is 0 Å². The Morgan fingerprint density at radius 1 is 1.00 bits per heavy atom. The molecule has 0 heterocycles. The minimum absolute atomic E-state index is 0.364. The maximum absolute atomic E-state index is 2.56. The fourth-order valence-corrected chi connectivity index (χ4v) is 4.35.